The molecule has 0 saturated heterocycles. The molecule has 0 radical (unpaired) electrons. The molecular weight excluding hydrogens is 318 g/mol. The van der Waals surface area contributed by atoms with E-state index in [1.165, 1.54) is 14.2 Å². The largest absolute Gasteiger partial charge is 0.495 e. The Bertz CT molecular complexity index is 722. The van der Waals surface area contributed by atoms with Crippen molar-refractivity contribution in [1.82, 2.24) is 0 Å². The van der Waals surface area contributed by atoms with E-state index in [1.54, 1.807) is 12.1 Å². The van der Waals surface area contributed by atoms with Gasteiger partial charge in [-0.25, -0.2) is 0 Å². The van der Waals surface area contributed by atoms with Gasteiger partial charge in [0.05, 0.1) is 24.9 Å². The highest BCUT2D eigenvalue weighted by atomic mass is 35.5. The minimum atomic E-state index is -0.571. The fraction of sp³-hybridized carbons (Fsp3) is 0.235. The smallest absolute Gasteiger partial charge is 0.265 e. The maximum Gasteiger partial charge on any atom is 0.265 e. The van der Waals surface area contributed by atoms with Crippen LogP contribution in [-0.4, -0.2) is 26.2 Å². The van der Waals surface area contributed by atoms with Gasteiger partial charge in [0.2, 0.25) is 0 Å². The van der Waals surface area contributed by atoms with Crippen molar-refractivity contribution in [3.05, 3.63) is 47.0 Å². The van der Waals surface area contributed by atoms with E-state index in [4.69, 9.17) is 25.8 Å². The van der Waals surface area contributed by atoms with Crippen LogP contribution in [0.25, 0.3) is 0 Å². The van der Waals surface area contributed by atoms with Gasteiger partial charge in [0.1, 0.15) is 17.2 Å². The van der Waals surface area contributed by atoms with Gasteiger partial charge >= 0.3 is 0 Å². The quantitative estimate of drug-likeness (QED) is 0.932. The molecule has 1 heterocycles. The van der Waals surface area contributed by atoms with Gasteiger partial charge in [-0.15, -0.1) is 0 Å². The van der Waals surface area contributed by atoms with Gasteiger partial charge in [0.15, 0.2) is 6.10 Å². The van der Waals surface area contributed by atoms with E-state index < -0.39 is 6.10 Å². The molecule has 2 aromatic rings. The average Bonchev–Trinajstić information content (AvgIpc) is 3.00. The van der Waals surface area contributed by atoms with E-state index in [9.17, 15) is 4.79 Å². The normalized spacial score (nSPS) is 15.5. The number of carbonyl (C=O) groups is 1. The molecule has 1 amide bonds. The van der Waals surface area contributed by atoms with Crippen LogP contribution < -0.4 is 19.5 Å². The molecule has 0 bridgehead atoms. The van der Waals surface area contributed by atoms with Crippen molar-refractivity contribution in [1.29, 1.82) is 0 Å². The summed E-state index contributed by atoms with van der Waals surface area (Å²) in [5.74, 6) is 1.41. The second-order valence-corrected chi connectivity index (χ2v) is 5.50. The number of anilines is 1. The molecule has 5 nitrogen and oxygen atoms in total. The molecule has 2 aromatic carbocycles. The van der Waals surface area contributed by atoms with Crippen molar-refractivity contribution >= 4 is 23.2 Å². The Kier molecular flexibility index (Phi) is 4.30. The third kappa shape index (κ3) is 3.05. The monoisotopic (exact) mass is 333 g/mol. The Balaban J connectivity index is 1.79. The van der Waals surface area contributed by atoms with E-state index in [0.717, 1.165) is 11.3 Å². The Morgan fingerprint density at radius 3 is 2.65 bits per heavy atom. The molecule has 120 valence electrons. The highest BCUT2D eigenvalue weighted by molar-refractivity contribution is 6.32. The first-order valence-electron chi connectivity index (χ1n) is 7.09. The Labute approximate surface area is 139 Å². The predicted molar refractivity (Wildman–Crippen MR) is 87.7 cm³/mol. The molecule has 23 heavy (non-hydrogen) atoms. The minimum Gasteiger partial charge on any atom is -0.495 e. The fourth-order valence-corrected chi connectivity index (χ4v) is 2.73. The summed E-state index contributed by atoms with van der Waals surface area (Å²) in [4.78, 5) is 12.5. The van der Waals surface area contributed by atoms with E-state index in [-0.39, 0.29) is 5.91 Å². The summed E-state index contributed by atoms with van der Waals surface area (Å²) in [5.41, 5.74) is 1.51. The van der Waals surface area contributed by atoms with Gasteiger partial charge in [0.25, 0.3) is 5.91 Å². The van der Waals surface area contributed by atoms with Gasteiger partial charge in [-0.3, -0.25) is 4.79 Å². The van der Waals surface area contributed by atoms with Crippen LogP contribution in [0.5, 0.6) is 17.2 Å². The first kappa shape index (κ1) is 15.5. The zero-order chi connectivity index (χ0) is 16.4. The zero-order valence-electron chi connectivity index (χ0n) is 12.8. The van der Waals surface area contributed by atoms with Crippen molar-refractivity contribution < 1.29 is 19.0 Å². The van der Waals surface area contributed by atoms with Crippen LogP contribution in [-0.2, 0) is 11.2 Å². The highest BCUT2D eigenvalue weighted by Gasteiger charge is 2.29. The summed E-state index contributed by atoms with van der Waals surface area (Å²) in [6, 6.07) is 10.8. The summed E-state index contributed by atoms with van der Waals surface area (Å²) < 4.78 is 16.1. The molecule has 0 aromatic heterocycles. The Morgan fingerprint density at radius 2 is 1.96 bits per heavy atom. The Morgan fingerprint density at radius 1 is 1.22 bits per heavy atom. The lowest BCUT2D eigenvalue weighted by Crippen LogP contribution is -2.31. The lowest BCUT2D eigenvalue weighted by atomic mass is 10.1. The predicted octanol–water partition coefficient (Wildman–Crippen LogP) is 3.30. The summed E-state index contributed by atoms with van der Waals surface area (Å²) in [6.45, 7) is 0. The molecule has 0 saturated carbocycles. The Hall–Kier alpha value is -2.40. The molecule has 1 aliphatic rings. The maximum absolute atomic E-state index is 12.5. The van der Waals surface area contributed by atoms with Crippen LogP contribution in [0.15, 0.2) is 36.4 Å². The van der Waals surface area contributed by atoms with Crippen molar-refractivity contribution in [2.24, 2.45) is 0 Å². The topological polar surface area (TPSA) is 56.8 Å². The van der Waals surface area contributed by atoms with Crippen molar-refractivity contribution in [3.8, 4) is 17.2 Å². The van der Waals surface area contributed by atoms with Gasteiger partial charge in [0, 0.05) is 18.6 Å². The number of methoxy groups -OCH3 is 2. The second kappa shape index (κ2) is 6.38. The molecule has 0 spiro atoms. The third-order valence-corrected chi connectivity index (χ3v) is 3.97. The first-order valence-corrected chi connectivity index (χ1v) is 7.47. The van der Waals surface area contributed by atoms with Crippen LogP contribution in [0.1, 0.15) is 5.56 Å². The SMILES string of the molecule is COc1cc(NC(=O)[C@H]2Cc3ccccc3O2)c(OC)cc1Cl. The van der Waals surface area contributed by atoms with Crippen LogP contribution in [0, 0.1) is 0 Å². The van der Waals surface area contributed by atoms with E-state index in [0.29, 0.717) is 28.6 Å². The van der Waals surface area contributed by atoms with Crippen molar-refractivity contribution in [2.45, 2.75) is 12.5 Å². The molecule has 3 rings (SSSR count). The van der Waals surface area contributed by atoms with Crippen molar-refractivity contribution in [3.63, 3.8) is 0 Å². The van der Waals surface area contributed by atoms with Crippen LogP contribution in [0.2, 0.25) is 5.02 Å². The van der Waals surface area contributed by atoms with Crippen LogP contribution in [0.3, 0.4) is 0 Å². The molecule has 0 aliphatic carbocycles. The number of para-hydroxylation sites is 1. The number of hydrogen-bond acceptors (Lipinski definition) is 4. The third-order valence-electron chi connectivity index (χ3n) is 3.67. The van der Waals surface area contributed by atoms with Crippen LogP contribution >= 0.6 is 11.6 Å². The number of nitrogens with one attached hydrogen (secondary N) is 1. The van der Waals surface area contributed by atoms with Gasteiger partial charge in [-0.1, -0.05) is 29.8 Å². The number of halogens is 1. The lowest BCUT2D eigenvalue weighted by Gasteiger charge is -2.15. The average molecular weight is 334 g/mol. The minimum absolute atomic E-state index is 0.246. The summed E-state index contributed by atoms with van der Waals surface area (Å²) >= 11 is 6.06. The fourth-order valence-electron chi connectivity index (χ4n) is 2.50. The number of amides is 1. The maximum atomic E-state index is 12.5. The van der Waals surface area contributed by atoms with Crippen LogP contribution in [0.4, 0.5) is 5.69 Å². The van der Waals surface area contributed by atoms with E-state index in [1.807, 2.05) is 24.3 Å². The molecular formula is C17H16ClNO4. The lowest BCUT2D eigenvalue weighted by molar-refractivity contribution is -0.122. The molecule has 1 atom stereocenters. The van der Waals surface area contributed by atoms with E-state index >= 15 is 0 Å². The molecule has 6 heteroatoms. The molecule has 0 fully saturated rings. The number of rotatable bonds is 4. The number of ether oxygens (including phenoxy) is 3. The number of hydrogen-bond donors (Lipinski definition) is 1. The zero-order valence-corrected chi connectivity index (χ0v) is 13.5. The second-order valence-electron chi connectivity index (χ2n) is 5.09. The standard InChI is InChI=1S/C17H16ClNO4/c1-21-14-9-12(15(22-2)8-11(14)18)19-17(20)16-7-10-5-3-4-6-13(10)23-16/h3-6,8-9,16H,7H2,1-2H3,(H,19,20)/t16-/m1/s1. The highest BCUT2D eigenvalue weighted by Crippen LogP contribution is 2.36. The molecule has 1 aliphatic heterocycles. The number of fused-ring (bicyclic) bond motifs is 1. The van der Waals surface area contributed by atoms with Gasteiger partial charge in [-0.05, 0) is 11.6 Å². The van der Waals surface area contributed by atoms with Gasteiger partial charge in [-0.2, -0.15) is 0 Å². The number of benzene rings is 2. The van der Waals surface area contributed by atoms with Crippen molar-refractivity contribution in [2.75, 3.05) is 19.5 Å². The first-order chi connectivity index (χ1) is 11.1. The van der Waals surface area contributed by atoms with E-state index in [2.05, 4.69) is 5.32 Å². The number of carbonyl (C=O) groups excluding carboxylic acids is 1. The molecule has 0 unspecified atom stereocenters. The van der Waals surface area contributed by atoms with Gasteiger partial charge < -0.3 is 19.5 Å². The summed E-state index contributed by atoms with van der Waals surface area (Å²) in [7, 11) is 3.02. The summed E-state index contributed by atoms with van der Waals surface area (Å²) in [6.07, 6.45) is -0.0338. The molecule has 1 N–H and O–H groups in total. The summed E-state index contributed by atoms with van der Waals surface area (Å²) in [5, 5.41) is 3.22.